The lowest BCUT2D eigenvalue weighted by Crippen LogP contribution is -2.44. The van der Waals surface area contributed by atoms with Crippen LogP contribution in [0.1, 0.15) is 13.3 Å². The molecule has 0 saturated carbocycles. The number of carbonyl (C=O) groups excluding carboxylic acids is 1. The molecule has 1 aliphatic heterocycles. The highest BCUT2D eigenvalue weighted by Crippen LogP contribution is 2.18. The minimum Gasteiger partial charge on any atom is -0.457 e. The van der Waals surface area contributed by atoms with E-state index in [1.54, 1.807) is 0 Å². The first-order chi connectivity index (χ1) is 6.13. The van der Waals surface area contributed by atoms with Crippen LogP contribution >= 0.6 is 0 Å². The van der Waals surface area contributed by atoms with E-state index in [2.05, 4.69) is 0 Å². The molecule has 1 N–H and O–H groups in total. The largest absolute Gasteiger partial charge is 0.457 e. The topological polar surface area (TPSA) is 65.0 Å². The van der Waals surface area contributed by atoms with Gasteiger partial charge in [-0.15, -0.1) is 0 Å². The molecule has 0 unspecified atom stereocenters. The van der Waals surface area contributed by atoms with Crippen LogP contribution < -0.4 is 0 Å². The fourth-order valence-corrected chi connectivity index (χ4v) is 1.30. The predicted molar refractivity (Wildman–Crippen MR) is 42.9 cm³/mol. The fourth-order valence-electron chi connectivity index (χ4n) is 1.30. The van der Waals surface area contributed by atoms with E-state index in [9.17, 15) is 9.90 Å². The van der Waals surface area contributed by atoms with E-state index in [0.717, 1.165) is 0 Å². The Hall–Kier alpha value is -0.650. The molecule has 1 aliphatic rings. The van der Waals surface area contributed by atoms with Gasteiger partial charge in [0.05, 0.1) is 12.7 Å². The minimum atomic E-state index is -0.587. The van der Waals surface area contributed by atoms with Gasteiger partial charge in [-0.25, -0.2) is 0 Å². The van der Waals surface area contributed by atoms with E-state index >= 15 is 0 Å². The van der Waals surface area contributed by atoms with E-state index in [-0.39, 0.29) is 6.61 Å². The average molecular weight is 190 g/mol. The summed E-state index contributed by atoms with van der Waals surface area (Å²) >= 11 is 0. The van der Waals surface area contributed by atoms with Crippen molar-refractivity contribution >= 4 is 5.97 Å². The fraction of sp³-hybridized carbons (Fsp3) is 0.875. The van der Waals surface area contributed by atoms with Crippen molar-refractivity contribution in [3.63, 3.8) is 0 Å². The van der Waals surface area contributed by atoms with E-state index in [4.69, 9.17) is 14.2 Å². The molecule has 76 valence electrons. The van der Waals surface area contributed by atoms with Crippen molar-refractivity contribution < 1.29 is 24.1 Å². The Morgan fingerprint density at radius 2 is 2.31 bits per heavy atom. The van der Waals surface area contributed by atoms with E-state index in [0.29, 0.717) is 6.42 Å². The molecule has 0 spiro atoms. The van der Waals surface area contributed by atoms with Crippen LogP contribution in [0.5, 0.6) is 0 Å². The summed E-state index contributed by atoms with van der Waals surface area (Å²) in [5.41, 5.74) is 0. The van der Waals surface area contributed by atoms with Crippen molar-refractivity contribution in [1.82, 2.24) is 0 Å². The first-order valence-electron chi connectivity index (χ1n) is 4.13. The highest BCUT2D eigenvalue weighted by Gasteiger charge is 2.32. The van der Waals surface area contributed by atoms with Crippen LogP contribution in [0.25, 0.3) is 0 Å². The number of methoxy groups -OCH3 is 1. The molecular formula is C8H14O5. The zero-order chi connectivity index (χ0) is 9.84. The highest BCUT2D eigenvalue weighted by atomic mass is 16.7. The summed E-state index contributed by atoms with van der Waals surface area (Å²) in [7, 11) is 1.47. The lowest BCUT2D eigenvalue weighted by atomic mass is 10.1. The Morgan fingerprint density at radius 1 is 1.62 bits per heavy atom. The van der Waals surface area contributed by atoms with Gasteiger partial charge in [0.15, 0.2) is 12.4 Å². The molecule has 0 aromatic carbocycles. The van der Waals surface area contributed by atoms with E-state index < -0.39 is 24.5 Å². The van der Waals surface area contributed by atoms with Crippen molar-refractivity contribution in [2.24, 2.45) is 0 Å². The first kappa shape index (κ1) is 10.4. The molecule has 0 aliphatic carbocycles. The van der Waals surface area contributed by atoms with Crippen molar-refractivity contribution in [1.29, 1.82) is 0 Å². The highest BCUT2D eigenvalue weighted by molar-refractivity contribution is 5.66. The second kappa shape index (κ2) is 4.55. The average Bonchev–Trinajstić information content (AvgIpc) is 2.03. The number of hydrogen-bond donors (Lipinski definition) is 1. The Labute approximate surface area is 76.6 Å². The zero-order valence-corrected chi connectivity index (χ0v) is 7.73. The van der Waals surface area contributed by atoms with Crippen molar-refractivity contribution in [2.45, 2.75) is 31.8 Å². The molecule has 3 atom stereocenters. The van der Waals surface area contributed by atoms with Gasteiger partial charge in [0.2, 0.25) is 0 Å². The third kappa shape index (κ3) is 2.95. The van der Waals surface area contributed by atoms with Crippen LogP contribution in [-0.2, 0) is 19.0 Å². The van der Waals surface area contributed by atoms with E-state index in [1.807, 2.05) is 0 Å². The summed E-state index contributed by atoms with van der Waals surface area (Å²) in [6.45, 7) is 1.53. The van der Waals surface area contributed by atoms with Crippen LogP contribution in [0.4, 0.5) is 0 Å². The van der Waals surface area contributed by atoms with Gasteiger partial charge in [0, 0.05) is 20.5 Å². The van der Waals surface area contributed by atoms with Gasteiger partial charge in [-0.1, -0.05) is 0 Å². The summed E-state index contributed by atoms with van der Waals surface area (Å²) in [5.74, 6) is -0.398. The van der Waals surface area contributed by atoms with E-state index in [1.165, 1.54) is 14.0 Å². The zero-order valence-electron chi connectivity index (χ0n) is 7.73. The third-order valence-electron chi connectivity index (χ3n) is 1.81. The second-order valence-corrected chi connectivity index (χ2v) is 2.97. The summed E-state index contributed by atoms with van der Waals surface area (Å²) in [6.07, 6.45) is -1.30. The maximum atomic E-state index is 10.7. The standard InChI is InChI=1S/C8H14O5/c1-5(9)13-7-3-6(10)4-12-8(7)11-2/h6-8,10H,3-4H2,1-2H3/t6-,7-,8+/m1/s1. The number of ether oxygens (including phenoxy) is 3. The Morgan fingerprint density at radius 3 is 2.85 bits per heavy atom. The minimum absolute atomic E-state index is 0.219. The van der Waals surface area contributed by atoms with Crippen molar-refractivity contribution in [2.75, 3.05) is 13.7 Å². The Balaban J connectivity index is 2.49. The van der Waals surface area contributed by atoms with Gasteiger partial charge in [-0.05, 0) is 0 Å². The monoisotopic (exact) mass is 190 g/mol. The van der Waals surface area contributed by atoms with Crippen molar-refractivity contribution in [3.05, 3.63) is 0 Å². The first-order valence-corrected chi connectivity index (χ1v) is 4.13. The molecule has 0 amide bonds. The molecule has 1 rings (SSSR count). The Kier molecular flexibility index (Phi) is 3.65. The number of hydrogen-bond acceptors (Lipinski definition) is 5. The second-order valence-electron chi connectivity index (χ2n) is 2.97. The maximum Gasteiger partial charge on any atom is 0.303 e. The molecule has 1 saturated heterocycles. The molecule has 5 nitrogen and oxygen atoms in total. The number of aliphatic hydroxyl groups excluding tert-OH is 1. The van der Waals surface area contributed by atoms with Gasteiger partial charge in [0.25, 0.3) is 0 Å². The Bertz CT molecular complexity index is 181. The smallest absolute Gasteiger partial charge is 0.303 e. The lowest BCUT2D eigenvalue weighted by molar-refractivity contribution is -0.234. The quantitative estimate of drug-likeness (QED) is 0.604. The molecule has 0 aromatic heterocycles. The lowest BCUT2D eigenvalue weighted by Gasteiger charge is -2.32. The molecule has 1 fully saturated rings. The number of carbonyl (C=O) groups is 1. The summed E-state index contributed by atoms with van der Waals surface area (Å²) in [6, 6.07) is 0. The van der Waals surface area contributed by atoms with Crippen LogP contribution in [-0.4, -0.2) is 43.3 Å². The molecule has 13 heavy (non-hydrogen) atoms. The summed E-state index contributed by atoms with van der Waals surface area (Å²) in [4.78, 5) is 10.7. The van der Waals surface area contributed by atoms with Crippen LogP contribution in [0, 0.1) is 0 Å². The normalized spacial score (nSPS) is 34.2. The number of rotatable bonds is 2. The molecule has 0 radical (unpaired) electrons. The summed E-state index contributed by atoms with van der Waals surface area (Å²) in [5, 5.41) is 9.23. The van der Waals surface area contributed by atoms with Crippen molar-refractivity contribution in [3.8, 4) is 0 Å². The molecule has 1 heterocycles. The summed E-state index contributed by atoms with van der Waals surface area (Å²) < 4.78 is 15.0. The van der Waals surface area contributed by atoms with Gasteiger partial charge in [-0.3, -0.25) is 4.79 Å². The van der Waals surface area contributed by atoms with Gasteiger partial charge in [-0.2, -0.15) is 0 Å². The van der Waals surface area contributed by atoms with Gasteiger partial charge >= 0.3 is 5.97 Å². The molecular weight excluding hydrogens is 176 g/mol. The molecule has 0 aromatic rings. The van der Waals surface area contributed by atoms with Gasteiger partial charge < -0.3 is 19.3 Å². The maximum absolute atomic E-state index is 10.7. The number of esters is 1. The molecule has 0 bridgehead atoms. The van der Waals surface area contributed by atoms with Gasteiger partial charge in [0.1, 0.15) is 0 Å². The predicted octanol–water partition coefficient (Wildman–Crippen LogP) is -0.328. The van der Waals surface area contributed by atoms with Crippen LogP contribution in [0.15, 0.2) is 0 Å². The number of aliphatic hydroxyl groups is 1. The third-order valence-corrected chi connectivity index (χ3v) is 1.81. The van der Waals surface area contributed by atoms with Crippen LogP contribution in [0.2, 0.25) is 0 Å². The molecule has 5 heteroatoms. The van der Waals surface area contributed by atoms with Crippen LogP contribution in [0.3, 0.4) is 0 Å². The SMILES string of the molecule is CO[C@H]1OC[C@H](O)C[C@H]1OC(C)=O.